The average molecular weight is 290 g/mol. The van der Waals surface area contributed by atoms with Crippen molar-refractivity contribution in [2.24, 2.45) is 0 Å². The molecule has 2 rings (SSSR count). The molecule has 1 aromatic rings. The Morgan fingerprint density at radius 2 is 2.00 bits per heavy atom. The summed E-state index contributed by atoms with van der Waals surface area (Å²) in [5, 5.41) is 8.62. The van der Waals surface area contributed by atoms with Crippen LogP contribution in [0.25, 0.3) is 6.08 Å². The molecule has 21 heavy (non-hydrogen) atoms. The van der Waals surface area contributed by atoms with Gasteiger partial charge in [-0.05, 0) is 31.6 Å². The van der Waals surface area contributed by atoms with Crippen LogP contribution in [0, 0.1) is 0 Å². The Hall–Kier alpha value is -2.21. The standard InChI is InChI=1S/C15H18N2O4/c1-10-8-17(9-11(2)21-10)15(20)13-5-12(6-16-7-13)3-4-14(18)19/h3-7,10-11H,8-9H2,1-2H3,(H,18,19). The Labute approximate surface area is 123 Å². The van der Waals surface area contributed by atoms with Crippen molar-refractivity contribution in [2.45, 2.75) is 26.1 Å². The second-order valence-electron chi connectivity index (χ2n) is 5.15. The van der Waals surface area contributed by atoms with Gasteiger partial charge in [0.05, 0.1) is 17.8 Å². The van der Waals surface area contributed by atoms with Crippen LogP contribution in [0.15, 0.2) is 24.5 Å². The summed E-state index contributed by atoms with van der Waals surface area (Å²) in [6.45, 7) is 4.94. The summed E-state index contributed by atoms with van der Waals surface area (Å²) >= 11 is 0. The summed E-state index contributed by atoms with van der Waals surface area (Å²) in [6.07, 6.45) is 5.44. The Morgan fingerprint density at radius 1 is 1.33 bits per heavy atom. The molecule has 1 fully saturated rings. The first kappa shape index (κ1) is 15.2. The van der Waals surface area contributed by atoms with E-state index in [1.54, 1.807) is 11.0 Å². The molecule has 2 unspecified atom stereocenters. The number of aliphatic carboxylic acids is 1. The maximum Gasteiger partial charge on any atom is 0.328 e. The third-order valence-corrected chi connectivity index (χ3v) is 3.13. The van der Waals surface area contributed by atoms with E-state index in [2.05, 4.69) is 4.98 Å². The molecule has 0 aromatic carbocycles. The van der Waals surface area contributed by atoms with Gasteiger partial charge in [-0.1, -0.05) is 0 Å². The normalized spacial score (nSPS) is 22.5. The molecule has 112 valence electrons. The van der Waals surface area contributed by atoms with Crippen LogP contribution >= 0.6 is 0 Å². The number of carbonyl (C=O) groups excluding carboxylic acids is 1. The number of hydrogen-bond acceptors (Lipinski definition) is 4. The van der Waals surface area contributed by atoms with Crippen LogP contribution in [-0.2, 0) is 9.53 Å². The van der Waals surface area contributed by atoms with E-state index in [0.29, 0.717) is 24.2 Å². The molecule has 0 spiro atoms. The van der Waals surface area contributed by atoms with E-state index < -0.39 is 5.97 Å². The molecule has 1 aliphatic heterocycles. The first-order valence-electron chi connectivity index (χ1n) is 6.76. The molecule has 0 aliphatic carbocycles. The highest BCUT2D eigenvalue weighted by Crippen LogP contribution is 2.15. The molecule has 0 bridgehead atoms. The van der Waals surface area contributed by atoms with Gasteiger partial charge in [0.15, 0.2) is 0 Å². The summed E-state index contributed by atoms with van der Waals surface area (Å²) in [5.74, 6) is -1.15. The van der Waals surface area contributed by atoms with Crippen LogP contribution in [-0.4, -0.2) is 52.2 Å². The van der Waals surface area contributed by atoms with Crippen LogP contribution in [0.3, 0.4) is 0 Å². The molecule has 1 N–H and O–H groups in total. The number of morpholine rings is 1. The van der Waals surface area contributed by atoms with Crippen LogP contribution in [0.5, 0.6) is 0 Å². The van der Waals surface area contributed by atoms with E-state index in [1.165, 1.54) is 18.5 Å². The zero-order valence-corrected chi connectivity index (χ0v) is 12.0. The molecule has 2 atom stereocenters. The lowest BCUT2D eigenvalue weighted by Gasteiger charge is -2.35. The number of carbonyl (C=O) groups is 2. The second kappa shape index (κ2) is 6.49. The number of hydrogen-bond donors (Lipinski definition) is 1. The molecular weight excluding hydrogens is 272 g/mol. The van der Waals surface area contributed by atoms with Crippen molar-refractivity contribution in [3.05, 3.63) is 35.7 Å². The molecular formula is C15H18N2O4. The van der Waals surface area contributed by atoms with Gasteiger partial charge in [-0.2, -0.15) is 0 Å². The van der Waals surface area contributed by atoms with Gasteiger partial charge < -0.3 is 14.7 Å². The summed E-state index contributed by atoms with van der Waals surface area (Å²) < 4.78 is 5.61. The predicted molar refractivity (Wildman–Crippen MR) is 76.8 cm³/mol. The lowest BCUT2D eigenvalue weighted by molar-refractivity contribution is -0.131. The largest absolute Gasteiger partial charge is 0.478 e. The molecule has 1 aliphatic rings. The fraction of sp³-hybridized carbons (Fsp3) is 0.400. The van der Waals surface area contributed by atoms with Gasteiger partial charge in [0.25, 0.3) is 5.91 Å². The fourth-order valence-electron chi connectivity index (χ4n) is 2.36. The minimum Gasteiger partial charge on any atom is -0.478 e. The minimum absolute atomic E-state index is 0.000693. The highest BCUT2D eigenvalue weighted by Gasteiger charge is 2.26. The van der Waals surface area contributed by atoms with Gasteiger partial charge in [-0.25, -0.2) is 4.79 Å². The van der Waals surface area contributed by atoms with Crippen LogP contribution in [0.2, 0.25) is 0 Å². The molecule has 0 radical (unpaired) electrons. The van der Waals surface area contributed by atoms with Crippen molar-refractivity contribution < 1.29 is 19.4 Å². The lowest BCUT2D eigenvalue weighted by atomic mass is 10.1. The number of rotatable bonds is 3. The summed E-state index contributed by atoms with van der Waals surface area (Å²) in [5.41, 5.74) is 1.03. The number of carboxylic acid groups (broad SMARTS) is 1. The van der Waals surface area contributed by atoms with Gasteiger partial charge in [-0.3, -0.25) is 9.78 Å². The predicted octanol–water partition coefficient (Wildman–Crippen LogP) is 1.43. The van der Waals surface area contributed by atoms with Crippen LogP contribution in [0.1, 0.15) is 29.8 Å². The molecule has 6 heteroatoms. The minimum atomic E-state index is -1.04. The SMILES string of the molecule is CC1CN(C(=O)c2cncc(C=CC(=O)O)c2)CC(C)O1. The van der Waals surface area contributed by atoms with Gasteiger partial charge in [0, 0.05) is 31.6 Å². The first-order valence-corrected chi connectivity index (χ1v) is 6.76. The van der Waals surface area contributed by atoms with Crippen molar-refractivity contribution >= 4 is 18.0 Å². The van der Waals surface area contributed by atoms with E-state index in [-0.39, 0.29) is 18.1 Å². The Morgan fingerprint density at radius 3 is 2.62 bits per heavy atom. The molecule has 1 amide bonds. The Kier molecular flexibility index (Phi) is 4.70. The monoisotopic (exact) mass is 290 g/mol. The maximum atomic E-state index is 12.5. The summed E-state index contributed by atoms with van der Waals surface area (Å²) in [6, 6.07) is 1.64. The molecule has 1 aromatic heterocycles. The highest BCUT2D eigenvalue weighted by molar-refractivity contribution is 5.95. The van der Waals surface area contributed by atoms with Gasteiger partial charge >= 0.3 is 5.97 Å². The van der Waals surface area contributed by atoms with Crippen molar-refractivity contribution in [2.75, 3.05) is 13.1 Å². The maximum absolute atomic E-state index is 12.5. The highest BCUT2D eigenvalue weighted by atomic mass is 16.5. The van der Waals surface area contributed by atoms with Crippen molar-refractivity contribution in [3.63, 3.8) is 0 Å². The number of carboxylic acids is 1. The number of nitrogens with zero attached hydrogens (tertiary/aromatic N) is 2. The zero-order chi connectivity index (χ0) is 15.4. The van der Waals surface area contributed by atoms with E-state index in [1.807, 2.05) is 13.8 Å². The van der Waals surface area contributed by atoms with E-state index >= 15 is 0 Å². The van der Waals surface area contributed by atoms with Crippen LogP contribution < -0.4 is 0 Å². The van der Waals surface area contributed by atoms with E-state index in [0.717, 1.165) is 6.08 Å². The average Bonchev–Trinajstić information content (AvgIpc) is 2.43. The first-order chi connectivity index (χ1) is 9.95. The van der Waals surface area contributed by atoms with Crippen molar-refractivity contribution in [3.8, 4) is 0 Å². The quantitative estimate of drug-likeness (QED) is 0.852. The molecule has 2 heterocycles. The summed E-state index contributed by atoms with van der Waals surface area (Å²) in [4.78, 5) is 28.7. The molecule has 6 nitrogen and oxygen atoms in total. The van der Waals surface area contributed by atoms with Crippen molar-refractivity contribution in [1.29, 1.82) is 0 Å². The molecule has 1 saturated heterocycles. The fourth-order valence-corrected chi connectivity index (χ4v) is 2.36. The number of ether oxygens (including phenoxy) is 1. The smallest absolute Gasteiger partial charge is 0.328 e. The third-order valence-electron chi connectivity index (χ3n) is 3.13. The van der Waals surface area contributed by atoms with E-state index in [4.69, 9.17) is 9.84 Å². The number of amides is 1. The lowest BCUT2D eigenvalue weighted by Crippen LogP contribution is -2.48. The topological polar surface area (TPSA) is 79.7 Å². The van der Waals surface area contributed by atoms with E-state index in [9.17, 15) is 9.59 Å². The van der Waals surface area contributed by atoms with Crippen LogP contribution in [0.4, 0.5) is 0 Å². The number of pyridine rings is 1. The second-order valence-corrected chi connectivity index (χ2v) is 5.15. The van der Waals surface area contributed by atoms with Crippen molar-refractivity contribution in [1.82, 2.24) is 9.88 Å². The Balaban J connectivity index is 2.15. The Bertz CT molecular complexity index is 561. The van der Waals surface area contributed by atoms with Gasteiger partial charge in [-0.15, -0.1) is 0 Å². The van der Waals surface area contributed by atoms with Gasteiger partial charge in [0.1, 0.15) is 0 Å². The van der Waals surface area contributed by atoms with Gasteiger partial charge in [0.2, 0.25) is 0 Å². The molecule has 0 saturated carbocycles. The zero-order valence-electron chi connectivity index (χ0n) is 12.0. The summed E-state index contributed by atoms with van der Waals surface area (Å²) in [7, 11) is 0. The third kappa shape index (κ3) is 4.13. The number of aromatic nitrogens is 1.